The molecule has 0 spiro atoms. The summed E-state index contributed by atoms with van der Waals surface area (Å²) in [5, 5.41) is 17.7. The fourth-order valence-electron chi connectivity index (χ4n) is 4.12. The minimum atomic E-state index is -1.35. The molecule has 38 heavy (non-hydrogen) atoms. The maximum absolute atomic E-state index is 12.7. The first kappa shape index (κ1) is 26.4. The number of nitrogens with zero attached hydrogens (tertiary/aromatic N) is 3. The molecule has 4 rings (SSSR count). The molecule has 0 bridgehead atoms. The lowest BCUT2D eigenvalue weighted by atomic mass is 10.1. The van der Waals surface area contributed by atoms with Gasteiger partial charge >= 0.3 is 12.1 Å². The second-order valence-corrected chi connectivity index (χ2v) is 8.78. The molecule has 0 aliphatic carbocycles. The number of hydrogen-bond acceptors (Lipinski definition) is 8. The molecule has 1 unspecified atom stereocenters. The number of piperidine rings is 1. The summed E-state index contributed by atoms with van der Waals surface area (Å²) in [6.45, 7) is 0.553. The van der Waals surface area contributed by atoms with Gasteiger partial charge in [-0.05, 0) is 55.2 Å². The lowest BCUT2D eigenvalue weighted by molar-refractivity contribution is -0.139. The first-order valence-corrected chi connectivity index (χ1v) is 12.4. The molecule has 198 valence electrons. The summed E-state index contributed by atoms with van der Waals surface area (Å²) in [4.78, 5) is 47.0. The van der Waals surface area contributed by atoms with Gasteiger partial charge in [0.2, 0.25) is 5.95 Å². The summed E-state index contributed by atoms with van der Waals surface area (Å²) in [6.07, 6.45) is 5.58. The zero-order valence-corrected chi connectivity index (χ0v) is 20.7. The summed E-state index contributed by atoms with van der Waals surface area (Å²) in [5.41, 5.74) is 2.09. The van der Waals surface area contributed by atoms with Gasteiger partial charge in [-0.25, -0.2) is 19.6 Å². The lowest BCUT2D eigenvalue weighted by Crippen LogP contribution is -2.48. The third-order valence-electron chi connectivity index (χ3n) is 6.10. The van der Waals surface area contributed by atoms with Crippen molar-refractivity contribution in [2.45, 2.75) is 38.1 Å². The molecule has 2 heterocycles. The first-order valence-electron chi connectivity index (χ1n) is 12.4. The molecule has 0 saturated carbocycles. The largest absolute Gasteiger partial charge is 0.480 e. The van der Waals surface area contributed by atoms with Crippen molar-refractivity contribution in [2.24, 2.45) is 0 Å². The van der Waals surface area contributed by atoms with Crippen molar-refractivity contribution in [1.82, 2.24) is 20.6 Å². The van der Waals surface area contributed by atoms with Crippen molar-refractivity contribution in [3.63, 3.8) is 0 Å². The van der Waals surface area contributed by atoms with Crippen LogP contribution in [0.5, 0.6) is 0 Å². The predicted octanol–water partition coefficient (Wildman–Crippen LogP) is 3.01. The van der Waals surface area contributed by atoms with Gasteiger partial charge in [0.1, 0.15) is 18.8 Å². The van der Waals surface area contributed by atoms with Crippen molar-refractivity contribution in [3.05, 3.63) is 84.2 Å². The van der Waals surface area contributed by atoms with Crippen LogP contribution in [0.3, 0.4) is 0 Å². The highest BCUT2D eigenvalue weighted by atomic mass is 16.5. The topological polar surface area (TPSA) is 146 Å². The molecular weight excluding hydrogens is 488 g/mol. The van der Waals surface area contributed by atoms with Crippen LogP contribution in [0.15, 0.2) is 73.1 Å². The monoisotopic (exact) mass is 518 g/mol. The molecule has 1 fully saturated rings. The molecule has 11 nitrogen and oxygen atoms in total. The zero-order chi connectivity index (χ0) is 26.7. The predicted molar refractivity (Wildman–Crippen MR) is 141 cm³/mol. The van der Waals surface area contributed by atoms with Gasteiger partial charge in [0.25, 0.3) is 5.91 Å². The number of hydrogen-bond donors (Lipinski definition) is 4. The average molecular weight is 519 g/mol. The van der Waals surface area contributed by atoms with Gasteiger partial charge in [-0.1, -0.05) is 30.3 Å². The number of alkyl carbamates (subject to hydrolysis) is 1. The van der Waals surface area contributed by atoms with E-state index in [1.807, 2.05) is 18.2 Å². The van der Waals surface area contributed by atoms with Gasteiger partial charge in [-0.2, -0.15) is 0 Å². The molecular formula is C27H30N6O5. The first-order chi connectivity index (χ1) is 18.5. The smallest absolute Gasteiger partial charge is 0.408 e. The van der Waals surface area contributed by atoms with Gasteiger partial charge in [-0.3, -0.25) is 4.79 Å². The minimum absolute atomic E-state index is 0.00346. The summed E-state index contributed by atoms with van der Waals surface area (Å²) in [6, 6.07) is 16.5. The number of carbonyl (C=O) groups is 3. The van der Waals surface area contributed by atoms with Gasteiger partial charge in [0, 0.05) is 36.7 Å². The molecule has 1 aromatic heterocycles. The molecule has 0 radical (unpaired) electrons. The average Bonchev–Trinajstić information content (AvgIpc) is 2.95. The summed E-state index contributed by atoms with van der Waals surface area (Å²) < 4.78 is 5.07. The van der Waals surface area contributed by atoms with Gasteiger partial charge in [0.05, 0.1) is 0 Å². The Kier molecular flexibility index (Phi) is 9.06. The van der Waals surface area contributed by atoms with Crippen LogP contribution in [0.25, 0.3) is 0 Å². The van der Waals surface area contributed by atoms with Crippen molar-refractivity contribution in [2.75, 3.05) is 23.3 Å². The number of benzene rings is 2. The molecule has 4 N–H and O–H groups in total. The van der Waals surface area contributed by atoms with Crippen LogP contribution in [0.1, 0.15) is 35.2 Å². The molecule has 2 aromatic carbocycles. The number of ether oxygens (including phenoxy) is 1. The zero-order valence-electron chi connectivity index (χ0n) is 20.7. The molecule has 3 aromatic rings. The summed E-state index contributed by atoms with van der Waals surface area (Å²) in [5.74, 6) is -1.18. The Morgan fingerprint density at radius 3 is 2.45 bits per heavy atom. The lowest BCUT2D eigenvalue weighted by Gasteiger charge is -2.38. The SMILES string of the molecule is O=C(N[C@@H](CNC(=O)c1ccc(N2CCCCC2Nc2ncccn2)cc1)C(=O)O)OCc1ccccc1. The van der Waals surface area contributed by atoms with E-state index in [-0.39, 0.29) is 19.3 Å². The van der Waals surface area contributed by atoms with Gasteiger partial charge in [0.15, 0.2) is 0 Å². The van der Waals surface area contributed by atoms with Crippen molar-refractivity contribution in [1.29, 1.82) is 0 Å². The number of aliphatic carboxylic acids is 1. The molecule has 1 aliphatic heterocycles. The molecule has 1 aliphatic rings. The number of nitrogens with one attached hydrogen (secondary N) is 3. The fourth-order valence-corrected chi connectivity index (χ4v) is 4.12. The number of carbonyl (C=O) groups excluding carboxylic acids is 2. The molecule has 1 saturated heterocycles. The van der Waals surface area contributed by atoms with Crippen molar-refractivity contribution in [3.8, 4) is 0 Å². The fraction of sp³-hybridized carbons (Fsp3) is 0.296. The molecule has 11 heteroatoms. The third-order valence-corrected chi connectivity index (χ3v) is 6.10. The highest BCUT2D eigenvalue weighted by Gasteiger charge is 2.24. The van der Waals surface area contributed by atoms with E-state index >= 15 is 0 Å². The number of carboxylic acids is 1. The van der Waals surface area contributed by atoms with Gasteiger partial charge < -0.3 is 30.7 Å². The molecule has 2 amide bonds. The summed E-state index contributed by atoms with van der Waals surface area (Å²) in [7, 11) is 0. The Balaban J connectivity index is 1.30. The normalized spacial score (nSPS) is 15.7. The Morgan fingerprint density at radius 1 is 1.00 bits per heavy atom. The number of anilines is 2. The van der Waals surface area contributed by atoms with E-state index < -0.39 is 24.0 Å². The Labute approximate surface area is 220 Å². The minimum Gasteiger partial charge on any atom is -0.480 e. The second kappa shape index (κ2) is 13.0. The maximum Gasteiger partial charge on any atom is 0.408 e. The van der Waals surface area contributed by atoms with E-state index in [0.717, 1.165) is 37.1 Å². The summed E-state index contributed by atoms with van der Waals surface area (Å²) >= 11 is 0. The van der Waals surface area contributed by atoms with E-state index in [0.29, 0.717) is 11.5 Å². The van der Waals surface area contributed by atoms with Crippen LogP contribution in [-0.2, 0) is 16.1 Å². The Bertz CT molecular complexity index is 1210. The number of amides is 2. The number of carboxylic acid groups (broad SMARTS) is 1. The van der Waals surface area contributed by atoms with Crippen molar-refractivity contribution < 1.29 is 24.2 Å². The van der Waals surface area contributed by atoms with E-state index in [1.54, 1.807) is 54.9 Å². The van der Waals surface area contributed by atoms with Gasteiger partial charge in [-0.15, -0.1) is 0 Å². The van der Waals surface area contributed by atoms with Crippen molar-refractivity contribution >= 4 is 29.6 Å². The quantitative estimate of drug-likeness (QED) is 0.318. The second-order valence-electron chi connectivity index (χ2n) is 8.78. The van der Waals surface area contributed by atoms with Crippen LogP contribution >= 0.6 is 0 Å². The van der Waals surface area contributed by atoms with Crippen LogP contribution in [0, 0.1) is 0 Å². The van der Waals surface area contributed by atoms with E-state index in [2.05, 4.69) is 30.8 Å². The Morgan fingerprint density at radius 2 is 1.74 bits per heavy atom. The number of aromatic nitrogens is 2. The van der Waals surface area contributed by atoms with Crippen LogP contribution < -0.4 is 20.9 Å². The Hall–Kier alpha value is -4.67. The van der Waals surface area contributed by atoms with E-state index in [9.17, 15) is 19.5 Å². The highest BCUT2D eigenvalue weighted by Crippen LogP contribution is 2.25. The third kappa shape index (κ3) is 7.42. The van der Waals surface area contributed by atoms with E-state index in [4.69, 9.17) is 4.74 Å². The van der Waals surface area contributed by atoms with Crippen LogP contribution in [0.2, 0.25) is 0 Å². The van der Waals surface area contributed by atoms with Crippen LogP contribution in [0.4, 0.5) is 16.4 Å². The standard InChI is InChI=1S/C27H30N6O5/c34-24(30-17-22(25(35)36)31-27(37)38-18-19-7-2-1-3-8-19)20-10-12-21(13-11-20)33-16-5-4-9-23(33)32-26-28-14-6-15-29-26/h1-3,6-8,10-15,22-23H,4-5,9,16-18H2,(H,30,34)(H,31,37)(H,35,36)(H,28,29,32)/t22-,23?/m0/s1. The molecule has 2 atom stereocenters. The number of rotatable bonds is 10. The van der Waals surface area contributed by atoms with E-state index in [1.165, 1.54) is 0 Å². The highest BCUT2D eigenvalue weighted by molar-refractivity contribution is 5.95. The maximum atomic E-state index is 12.7. The van der Waals surface area contributed by atoms with Crippen LogP contribution in [-0.4, -0.2) is 58.3 Å².